The molecule has 0 saturated carbocycles. The Bertz CT molecular complexity index is 1040. The second-order valence-electron chi connectivity index (χ2n) is 5.47. The lowest BCUT2D eigenvalue weighted by Crippen LogP contribution is -2.22. The van der Waals surface area contributed by atoms with Crippen molar-refractivity contribution in [2.45, 2.75) is 6.54 Å². The molecule has 4 aromatic rings. The van der Waals surface area contributed by atoms with E-state index in [0.717, 1.165) is 21.0 Å². The molecule has 124 valence electrons. The maximum absolute atomic E-state index is 12.5. The zero-order valence-corrected chi connectivity index (χ0v) is 14.5. The van der Waals surface area contributed by atoms with Crippen molar-refractivity contribution in [1.29, 1.82) is 0 Å². The Morgan fingerprint density at radius 1 is 1.24 bits per heavy atom. The van der Waals surface area contributed by atoms with Gasteiger partial charge in [-0.2, -0.15) is 5.10 Å². The average molecular weight is 397 g/mol. The van der Waals surface area contributed by atoms with Crippen LogP contribution in [0.4, 0.5) is 0 Å². The molecule has 0 spiro atoms. The number of carbonyl (C=O) groups excluding carboxylic acids is 1. The molecule has 1 aromatic carbocycles. The number of benzene rings is 1. The molecule has 0 radical (unpaired) electrons. The van der Waals surface area contributed by atoms with Gasteiger partial charge in [-0.05, 0) is 33.6 Å². The summed E-state index contributed by atoms with van der Waals surface area (Å²) in [6.45, 7) is 0.412. The van der Waals surface area contributed by atoms with Gasteiger partial charge in [0.2, 0.25) is 0 Å². The van der Waals surface area contributed by atoms with Crippen molar-refractivity contribution in [3.05, 3.63) is 64.7 Å². The topological polar surface area (TPSA) is 99.4 Å². The number of hydrogen-bond acceptors (Lipinski definition) is 4. The van der Waals surface area contributed by atoms with Crippen molar-refractivity contribution in [3.8, 4) is 11.4 Å². The van der Waals surface area contributed by atoms with E-state index in [0.29, 0.717) is 23.6 Å². The molecule has 0 aliphatic carbocycles. The van der Waals surface area contributed by atoms with Crippen molar-refractivity contribution < 1.29 is 4.79 Å². The molecule has 0 aliphatic rings. The number of aromatic nitrogens is 5. The molecule has 7 nitrogen and oxygen atoms in total. The Hall–Kier alpha value is -3.00. The number of carbonyl (C=O) groups is 1. The number of nitrogens with zero attached hydrogens (tertiary/aromatic N) is 3. The third-order valence-corrected chi connectivity index (χ3v) is 4.24. The van der Waals surface area contributed by atoms with Crippen LogP contribution in [0.1, 0.15) is 15.9 Å². The van der Waals surface area contributed by atoms with Crippen molar-refractivity contribution in [3.63, 3.8) is 0 Å². The van der Waals surface area contributed by atoms with Gasteiger partial charge in [-0.15, -0.1) is 0 Å². The predicted octanol–water partition coefficient (Wildman–Crippen LogP) is 3.04. The number of fused-ring (bicyclic) bond motifs is 1. The van der Waals surface area contributed by atoms with Gasteiger partial charge in [0.1, 0.15) is 12.0 Å². The molecule has 0 bridgehead atoms. The second-order valence-corrected chi connectivity index (χ2v) is 6.38. The molecule has 25 heavy (non-hydrogen) atoms. The molecule has 0 saturated heterocycles. The van der Waals surface area contributed by atoms with Crippen LogP contribution in [-0.4, -0.2) is 31.1 Å². The summed E-state index contributed by atoms with van der Waals surface area (Å²) >= 11 is 3.38. The summed E-state index contributed by atoms with van der Waals surface area (Å²) in [6.07, 6.45) is 4.83. The summed E-state index contributed by atoms with van der Waals surface area (Å²) in [4.78, 5) is 23.9. The van der Waals surface area contributed by atoms with E-state index in [1.165, 1.54) is 6.33 Å². The summed E-state index contributed by atoms with van der Waals surface area (Å²) in [5.74, 6) is 0.539. The lowest BCUT2D eigenvalue weighted by atomic mass is 10.1. The van der Waals surface area contributed by atoms with E-state index >= 15 is 0 Å². The number of aromatic amines is 2. The number of H-pyrrole nitrogens is 2. The van der Waals surface area contributed by atoms with Gasteiger partial charge in [0.25, 0.3) is 5.91 Å². The summed E-state index contributed by atoms with van der Waals surface area (Å²) in [5.41, 5.74) is 3.14. The lowest BCUT2D eigenvalue weighted by Gasteiger charge is -2.06. The van der Waals surface area contributed by atoms with Crippen molar-refractivity contribution in [2.75, 3.05) is 0 Å². The van der Waals surface area contributed by atoms with E-state index in [-0.39, 0.29) is 5.91 Å². The Labute approximate surface area is 151 Å². The Kier molecular flexibility index (Phi) is 4.02. The van der Waals surface area contributed by atoms with Crippen LogP contribution in [0.5, 0.6) is 0 Å². The van der Waals surface area contributed by atoms with Gasteiger partial charge in [-0.3, -0.25) is 9.89 Å². The smallest absolute Gasteiger partial charge is 0.253 e. The second kappa shape index (κ2) is 6.48. The molecule has 0 fully saturated rings. The molecule has 1 amide bonds. The quantitative estimate of drug-likeness (QED) is 0.493. The number of halogens is 1. The summed E-state index contributed by atoms with van der Waals surface area (Å²) in [7, 11) is 0. The molecule has 8 heteroatoms. The number of pyridine rings is 1. The van der Waals surface area contributed by atoms with E-state index in [1.54, 1.807) is 12.4 Å². The van der Waals surface area contributed by atoms with Gasteiger partial charge in [-0.25, -0.2) is 9.97 Å². The molecular weight excluding hydrogens is 384 g/mol. The van der Waals surface area contributed by atoms with E-state index in [2.05, 4.69) is 46.4 Å². The number of rotatable bonds is 4. The standard InChI is InChI=1S/C17H13BrN6O/c18-12-5-13-14(8-20-16(13)19-7-12)17(25)21-6-10-2-1-3-11(4-10)15-22-9-23-24-15/h1-5,7-9H,6H2,(H,19,20)(H,21,25)(H,22,23,24). The highest BCUT2D eigenvalue weighted by atomic mass is 79.9. The van der Waals surface area contributed by atoms with Gasteiger partial charge < -0.3 is 10.3 Å². The number of hydrogen-bond donors (Lipinski definition) is 3. The Morgan fingerprint density at radius 2 is 2.16 bits per heavy atom. The fraction of sp³-hybridized carbons (Fsp3) is 0.0588. The average Bonchev–Trinajstić information content (AvgIpc) is 3.29. The zero-order chi connectivity index (χ0) is 17.2. The van der Waals surface area contributed by atoms with E-state index < -0.39 is 0 Å². The molecule has 0 aliphatic heterocycles. The molecule has 4 rings (SSSR count). The van der Waals surface area contributed by atoms with Crippen molar-refractivity contribution >= 4 is 32.9 Å². The highest BCUT2D eigenvalue weighted by Crippen LogP contribution is 2.21. The van der Waals surface area contributed by atoms with Crippen LogP contribution in [0.25, 0.3) is 22.4 Å². The predicted molar refractivity (Wildman–Crippen MR) is 96.8 cm³/mol. The highest BCUT2D eigenvalue weighted by molar-refractivity contribution is 9.10. The van der Waals surface area contributed by atoms with E-state index in [4.69, 9.17) is 0 Å². The van der Waals surface area contributed by atoms with Crippen molar-refractivity contribution in [1.82, 2.24) is 30.5 Å². The largest absolute Gasteiger partial charge is 0.348 e. The Balaban J connectivity index is 1.52. The number of nitrogens with one attached hydrogen (secondary N) is 3. The van der Waals surface area contributed by atoms with Crippen LogP contribution in [0.2, 0.25) is 0 Å². The zero-order valence-electron chi connectivity index (χ0n) is 13.0. The maximum atomic E-state index is 12.5. The van der Waals surface area contributed by atoms with Gasteiger partial charge in [0.15, 0.2) is 5.82 Å². The van der Waals surface area contributed by atoms with Crippen LogP contribution < -0.4 is 5.32 Å². The van der Waals surface area contributed by atoms with Gasteiger partial charge >= 0.3 is 0 Å². The molecule has 0 unspecified atom stereocenters. The normalized spacial score (nSPS) is 10.9. The molecule has 3 heterocycles. The summed E-state index contributed by atoms with van der Waals surface area (Å²) in [6, 6.07) is 9.65. The fourth-order valence-electron chi connectivity index (χ4n) is 2.62. The minimum Gasteiger partial charge on any atom is -0.348 e. The van der Waals surface area contributed by atoms with Crippen LogP contribution >= 0.6 is 15.9 Å². The van der Waals surface area contributed by atoms with Crippen LogP contribution in [-0.2, 0) is 6.54 Å². The molecule has 3 N–H and O–H groups in total. The fourth-order valence-corrected chi connectivity index (χ4v) is 2.95. The maximum Gasteiger partial charge on any atom is 0.253 e. The first-order chi connectivity index (χ1) is 12.2. The minimum absolute atomic E-state index is 0.156. The third-order valence-electron chi connectivity index (χ3n) is 3.81. The Morgan fingerprint density at radius 3 is 3.00 bits per heavy atom. The van der Waals surface area contributed by atoms with Crippen molar-refractivity contribution in [2.24, 2.45) is 0 Å². The SMILES string of the molecule is O=C(NCc1cccc(-c2ncn[nH]2)c1)c1c[nH]c2ncc(Br)cc12. The highest BCUT2D eigenvalue weighted by Gasteiger charge is 2.13. The third kappa shape index (κ3) is 3.16. The van der Waals surface area contributed by atoms with Gasteiger partial charge in [0.05, 0.1) is 5.56 Å². The number of amides is 1. The molecule has 3 aromatic heterocycles. The van der Waals surface area contributed by atoms with Gasteiger partial charge in [0, 0.05) is 34.4 Å². The summed E-state index contributed by atoms with van der Waals surface area (Å²) < 4.78 is 0.827. The summed E-state index contributed by atoms with van der Waals surface area (Å²) in [5, 5.41) is 10.4. The molecule has 0 atom stereocenters. The lowest BCUT2D eigenvalue weighted by molar-refractivity contribution is 0.0952. The molecular formula is C17H13BrN6O. The van der Waals surface area contributed by atoms with Crippen LogP contribution in [0.15, 0.2) is 53.5 Å². The van der Waals surface area contributed by atoms with E-state index in [1.807, 2.05) is 30.3 Å². The first-order valence-electron chi connectivity index (χ1n) is 7.56. The first-order valence-corrected chi connectivity index (χ1v) is 8.35. The van der Waals surface area contributed by atoms with Crippen LogP contribution in [0.3, 0.4) is 0 Å². The van der Waals surface area contributed by atoms with Crippen LogP contribution in [0, 0.1) is 0 Å². The van der Waals surface area contributed by atoms with E-state index in [9.17, 15) is 4.79 Å². The first kappa shape index (κ1) is 15.5. The van der Waals surface area contributed by atoms with Gasteiger partial charge in [-0.1, -0.05) is 18.2 Å². The monoisotopic (exact) mass is 396 g/mol. The minimum atomic E-state index is -0.156.